The molecule has 1 N–H and O–H groups in total. The predicted octanol–water partition coefficient (Wildman–Crippen LogP) is 5.08. The van der Waals surface area contributed by atoms with Crippen LogP contribution in [0.2, 0.25) is 5.02 Å². The lowest BCUT2D eigenvalue weighted by atomic mass is 9.81. The zero-order valence-electron chi connectivity index (χ0n) is 25.1. The normalized spacial score (nSPS) is 25.5. The first-order valence-electron chi connectivity index (χ1n) is 15.4. The molecule has 1 saturated carbocycles. The Morgan fingerprint density at radius 1 is 1.13 bits per heavy atom. The summed E-state index contributed by atoms with van der Waals surface area (Å²) in [6.07, 6.45) is 4.82. The van der Waals surface area contributed by atoms with Crippen LogP contribution in [-0.2, 0) is 23.6 Å². The van der Waals surface area contributed by atoms with E-state index in [2.05, 4.69) is 25.4 Å². The van der Waals surface area contributed by atoms with E-state index in [1.807, 2.05) is 25.1 Å². The van der Waals surface area contributed by atoms with Gasteiger partial charge in [-0.25, -0.2) is 9.78 Å². The molecule has 0 radical (unpaired) electrons. The molecule has 0 spiro atoms. The van der Waals surface area contributed by atoms with Gasteiger partial charge in [0.15, 0.2) is 11.5 Å². The number of pyridine rings is 1. The van der Waals surface area contributed by atoms with Crippen LogP contribution in [0.5, 0.6) is 17.2 Å². The summed E-state index contributed by atoms with van der Waals surface area (Å²) in [5, 5.41) is 10.3. The standard InChI is InChI=1S/C33H34ClN5O6/c1-33(28-9-6-20(34)16-35-28)44-26-5-3-4-24(31(26)45-33)38-12-11-37(22-7-8-23(22)38)18-29-36-30-25(39(29)17-21-10-13-43-21)14-19(32(40)41)15-27(30)42-2/h3-6,9,14-16,21-23H,7-8,10-13,17-18H2,1-2H3,(H,40,41)/t21-,22+,23-,33+/m0/s1. The molecule has 5 heterocycles. The van der Waals surface area contributed by atoms with Crippen molar-refractivity contribution in [3.05, 3.63) is 70.8 Å². The lowest BCUT2D eigenvalue weighted by Crippen LogP contribution is -2.64. The number of aromatic carboxylic acids is 1. The van der Waals surface area contributed by atoms with Crippen LogP contribution in [0.3, 0.4) is 0 Å². The van der Waals surface area contributed by atoms with Gasteiger partial charge >= 0.3 is 5.97 Å². The lowest BCUT2D eigenvalue weighted by Gasteiger charge is -2.54. The molecule has 2 aromatic carbocycles. The number of ether oxygens (including phenoxy) is 4. The van der Waals surface area contributed by atoms with Crippen LogP contribution in [0.4, 0.5) is 5.69 Å². The van der Waals surface area contributed by atoms with Crippen LogP contribution < -0.4 is 19.1 Å². The maximum Gasteiger partial charge on any atom is 0.335 e. The first-order chi connectivity index (χ1) is 21.8. The van der Waals surface area contributed by atoms with E-state index in [0.717, 1.165) is 61.7 Å². The van der Waals surface area contributed by atoms with Gasteiger partial charge in [0, 0.05) is 44.9 Å². The zero-order chi connectivity index (χ0) is 30.9. The van der Waals surface area contributed by atoms with Gasteiger partial charge < -0.3 is 33.5 Å². The predicted molar refractivity (Wildman–Crippen MR) is 166 cm³/mol. The molecule has 0 amide bonds. The molecule has 0 bridgehead atoms. The minimum Gasteiger partial charge on any atom is -0.494 e. The molecule has 1 aliphatic carbocycles. The molecule has 8 rings (SSSR count). The third-order valence-corrected chi connectivity index (χ3v) is 9.87. The number of methoxy groups -OCH3 is 1. The number of anilines is 1. The Morgan fingerprint density at radius 2 is 1.98 bits per heavy atom. The maximum absolute atomic E-state index is 11.9. The summed E-state index contributed by atoms with van der Waals surface area (Å²) in [7, 11) is 1.55. The summed E-state index contributed by atoms with van der Waals surface area (Å²) < 4.78 is 26.4. The number of hydrogen-bond donors (Lipinski definition) is 1. The molecule has 3 aliphatic heterocycles. The van der Waals surface area contributed by atoms with Gasteiger partial charge in [-0.05, 0) is 55.7 Å². The Balaban J connectivity index is 1.06. The van der Waals surface area contributed by atoms with Crippen molar-refractivity contribution in [2.24, 2.45) is 0 Å². The highest BCUT2D eigenvalue weighted by Crippen LogP contribution is 2.51. The van der Waals surface area contributed by atoms with Crippen LogP contribution in [0, 0.1) is 0 Å². The second kappa shape index (κ2) is 10.8. The molecule has 12 heteroatoms. The van der Waals surface area contributed by atoms with Gasteiger partial charge in [0.2, 0.25) is 0 Å². The minimum atomic E-state index is -1.05. The first kappa shape index (κ1) is 28.4. The second-order valence-electron chi connectivity index (χ2n) is 12.3. The first-order valence-corrected chi connectivity index (χ1v) is 15.7. The summed E-state index contributed by atoms with van der Waals surface area (Å²) in [4.78, 5) is 26.4. The SMILES string of the molecule is COc1cc(C(=O)O)cc2c1nc(CN1CCN(c3cccc4c3O[C@](C)(c3ccc(Cl)cn3)O4)[C@H]3CC[C@H]31)n2C[C@@H]1CCO1. The number of aromatic nitrogens is 3. The number of nitrogens with zero attached hydrogens (tertiary/aromatic N) is 5. The molecule has 4 atom stereocenters. The average Bonchev–Trinajstić information content (AvgIpc) is 3.52. The number of carbonyl (C=O) groups is 1. The van der Waals surface area contributed by atoms with Crippen LogP contribution in [0.1, 0.15) is 48.1 Å². The number of piperazine rings is 1. The van der Waals surface area contributed by atoms with Gasteiger partial charge in [-0.15, -0.1) is 0 Å². The van der Waals surface area contributed by atoms with E-state index < -0.39 is 11.8 Å². The van der Waals surface area contributed by atoms with Gasteiger partial charge in [0.05, 0.1) is 48.1 Å². The highest BCUT2D eigenvalue weighted by molar-refractivity contribution is 6.30. The third kappa shape index (κ3) is 4.76. The summed E-state index contributed by atoms with van der Waals surface area (Å²) >= 11 is 6.08. The van der Waals surface area contributed by atoms with E-state index in [0.29, 0.717) is 52.9 Å². The van der Waals surface area contributed by atoms with Crippen molar-refractivity contribution in [2.45, 2.75) is 63.3 Å². The van der Waals surface area contributed by atoms with Crippen molar-refractivity contribution >= 4 is 34.3 Å². The van der Waals surface area contributed by atoms with E-state index in [4.69, 9.17) is 35.5 Å². The van der Waals surface area contributed by atoms with Gasteiger partial charge in [-0.1, -0.05) is 17.7 Å². The molecule has 11 nitrogen and oxygen atoms in total. The number of rotatable bonds is 8. The highest BCUT2D eigenvalue weighted by atomic mass is 35.5. The number of carboxylic acids is 1. The molecule has 4 aliphatic rings. The average molecular weight is 632 g/mol. The largest absolute Gasteiger partial charge is 0.494 e. The van der Waals surface area contributed by atoms with Crippen molar-refractivity contribution in [3.8, 4) is 17.2 Å². The molecule has 3 fully saturated rings. The Morgan fingerprint density at radius 3 is 2.67 bits per heavy atom. The minimum absolute atomic E-state index is 0.0880. The van der Waals surface area contributed by atoms with Gasteiger partial charge in [-0.2, -0.15) is 0 Å². The molecule has 4 aromatic rings. The highest BCUT2D eigenvalue weighted by Gasteiger charge is 2.47. The molecule has 234 valence electrons. The van der Waals surface area contributed by atoms with E-state index >= 15 is 0 Å². The van der Waals surface area contributed by atoms with E-state index in [9.17, 15) is 9.90 Å². The zero-order valence-corrected chi connectivity index (χ0v) is 25.9. The fourth-order valence-electron chi connectivity index (χ4n) is 7.06. The number of fused-ring (bicyclic) bond motifs is 3. The molecule has 45 heavy (non-hydrogen) atoms. The van der Waals surface area contributed by atoms with Crippen molar-refractivity contribution in [1.82, 2.24) is 19.4 Å². The summed E-state index contributed by atoms with van der Waals surface area (Å²) in [5.41, 5.74) is 3.30. The molecular formula is C33H34ClN5O6. The van der Waals surface area contributed by atoms with E-state index in [1.165, 1.54) is 0 Å². The van der Waals surface area contributed by atoms with Crippen LogP contribution in [0.25, 0.3) is 11.0 Å². The Bertz CT molecular complexity index is 1790. The molecular weight excluding hydrogens is 598 g/mol. The maximum atomic E-state index is 11.9. The topological polar surface area (TPSA) is 111 Å². The lowest BCUT2D eigenvalue weighted by molar-refractivity contribution is -0.0717. The van der Waals surface area contributed by atoms with Gasteiger partial charge in [0.25, 0.3) is 5.79 Å². The number of benzene rings is 2. The van der Waals surface area contributed by atoms with E-state index in [1.54, 1.807) is 31.5 Å². The number of para-hydroxylation sites is 1. The quantitative estimate of drug-likeness (QED) is 0.283. The second-order valence-corrected chi connectivity index (χ2v) is 12.7. The number of halogens is 1. The fraction of sp³-hybridized carbons (Fsp3) is 0.424. The van der Waals surface area contributed by atoms with Crippen molar-refractivity contribution < 1.29 is 28.8 Å². The summed E-state index contributed by atoms with van der Waals surface area (Å²) in [6, 6.07) is 13.6. The van der Waals surface area contributed by atoms with Crippen molar-refractivity contribution in [3.63, 3.8) is 0 Å². The molecule has 2 aromatic heterocycles. The van der Waals surface area contributed by atoms with Crippen molar-refractivity contribution in [1.29, 1.82) is 0 Å². The van der Waals surface area contributed by atoms with Gasteiger partial charge in [0.1, 0.15) is 22.8 Å². The number of imidazole rings is 1. The van der Waals surface area contributed by atoms with Crippen LogP contribution in [0.15, 0.2) is 48.7 Å². The summed E-state index contributed by atoms with van der Waals surface area (Å²) in [5.74, 6) is 0.750. The third-order valence-electron chi connectivity index (χ3n) is 9.65. The van der Waals surface area contributed by atoms with Gasteiger partial charge in [-0.3, -0.25) is 9.88 Å². The fourth-order valence-corrected chi connectivity index (χ4v) is 7.17. The monoisotopic (exact) mass is 631 g/mol. The molecule has 0 unspecified atom stereocenters. The smallest absolute Gasteiger partial charge is 0.335 e. The Kier molecular flexibility index (Phi) is 6.81. The Labute approximate surface area is 265 Å². The Hall–Kier alpha value is -4.06. The van der Waals surface area contributed by atoms with Crippen LogP contribution in [-0.4, -0.2) is 75.5 Å². The van der Waals surface area contributed by atoms with Crippen LogP contribution >= 0.6 is 11.6 Å². The summed E-state index contributed by atoms with van der Waals surface area (Å²) in [6.45, 7) is 5.55. The molecule has 2 saturated heterocycles. The van der Waals surface area contributed by atoms with E-state index in [-0.39, 0.29) is 11.7 Å². The van der Waals surface area contributed by atoms with Crippen molar-refractivity contribution in [2.75, 3.05) is 31.7 Å². The number of carboxylic acid groups (broad SMARTS) is 1. The number of hydrogen-bond acceptors (Lipinski definition) is 9.